The summed E-state index contributed by atoms with van der Waals surface area (Å²) in [6.07, 6.45) is 0.502. The molecule has 0 radical (unpaired) electrons. The number of sulfone groups is 1. The first-order chi connectivity index (χ1) is 15.3. The zero-order chi connectivity index (χ0) is 22.5. The second-order valence-corrected chi connectivity index (χ2v) is 10.9. The SMILES string of the molecule is Cc1nc2c(C(=O)Nc3ccc(F)cc3)nc(-c3cccs3)cc2n1C1CCS(=O)(=O)C1. The first-order valence-corrected chi connectivity index (χ1v) is 12.7. The van der Waals surface area contributed by atoms with Gasteiger partial charge in [-0.25, -0.2) is 22.8 Å². The lowest BCUT2D eigenvalue weighted by molar-refractivity contribution is 0.102. The monoisotopic (exact) mass is 470 g/mol. The summed E-state index contributed by atoms with van der Waals surface area (Å²) in [4.78, 5) is 23.2. The van der Waals surface area contributed by atoms with E-state index in [1.807, 2.05) is 28.1 Å². The first-order valence-electron chi connectivity index (χ1n) is 10.0. The number of carbonyl (C=O) groups excluding carboxylic acids is 1. The van der Waals surface area contributed by atoms with Crippen LogP contribution >= 0.6 is 11.3 Å². The highest BCUT2D eigenvalue weighted by molar-refractivity contribution is 7.91. The predicted octanol–water partition coefficient (Wildman–Crippen LogP) is 4.22. The summed E-state index contributed by atoms with van der Waals surface area (Å²) in [7, 11) is -3.10. The lowest BCUT2D eigenvalue weighted by Crippen LogP contribution is -2.15. The Labute approximate surface area is 187 Å². The molecule has 5 rings (SSSR count). The Morgan fingerprint density at radius 3 is 2.66 bits per heavy atom. The molecular weight excluding hydrogens is 451 g/mol. The van der Waals surface area contributed by atoms with Crippen molar-refractivity contribution in [3.8, 4) is 10.6 Å². The van der Waals surface area contributed by atoms with Gasteiger partial charge >= 0.3 is 0 Å². The molecule has 164 valence electrons. The molecular formula is C22H19FN4O3S2. The van der Waals surface area contributed by atoms with Gasteiger partial charge in [-0.15, -0.1) is 11.3 Å². The number of fused-ring (bicyclic) bond motifs is 1. The number of pyridine rings is 1. The van der Waals surface area contributed by atoms with Gasteiger partial charge in [-0.2, -0.15) is 0 Å². The van der Waals surface area contributed by atoms with Crippen LogP contribution in [0.2, 0.25) is 0 Å². The molecule has 1 unspecified atom stereocenters. The first kappa shape index (κ1) is 20.8. The number of hydrogen-bond acceptors (Lipinski definition) is 6. The quantitative estimate of drug-likeness (QED) is 0.482. The third-order valence-corrected chi connectivity index (χ3v) is 8.16. The fourth-order valence-electron chi connectivity index (χ4n) is 4.08. The Hall–Kier alpha value is -3.11. The van der Waals surface area contributed by atoms with E-state index in [0.717, 1.165) is 4.88 Å². The molecule has 3 aromatic heterocycles. The van der Waals surface area contributed by atoms with E-state index < -0.39 is 21.6 Å². The summed E-state index contributed by atoms with van der Waals surface area (Å²) in [5, 5.41) is 4.67. The number of anilines is 1. The van der Waals surface area contributed by atoms with Gasteiger partial charge in [-0.3, -0.25) is 4.79 Å². The maximum atomic E-state index is 13.2. The Kier molecular flexibility index (Phi) is 5.06. The van der Waals surface area contributed by atoms with E-state index >= 15 is 0 Å². The number of benzene rings is 1. The van der Waals surface area contributed by atoms with Crippen LogP contribution in [-0.2, 0) is 9.84 Å². The van der Waals surface area contributed by atoms with Gasteiger partial charge in [0, 0.05) is 5.69 Å². The number of aromatic nitrogens is 3. The Morgan fingerprint density at radius 1 is 1.22 bits per heavy atom. The molecule has 1 saturated heterocycles. The zero-order valence-electron chi connectivity index (χ0n) is 17.1. The summed E-state index contributed by atoms with van der Waals surface area (Å²) in [6, 6.07) is 10.9. The van der Waals surface area contributed by atoms with Gasteiger partial charge in [-0.05, 0) is 55.1 Å². The number of halogens is 1. The molecule has 1 aliphatic rings. The number of hydrogen-bond donors (Lipinski definition) is 1. The number of amides is 1. The smallest absolute Gasteiger partial charge is 0.276 e. The van der Waals surface area contributed by atoms with E-state index in [4.69, 9.17) is 0 Å². The van der Waals surface area contributed by atoms with Crippen LogP contribution in [-0.4, -0.2) is 40.4 Å². The summed E-state index contributed by atoms with van der Waals surface area (Å²) in [6.45, 7) is 1.80. The van der Waals surface area contributed by atoms with Crippen molar-refractivity contribution in [1.82, 2.24) is 14.5 Å². The van der Waals surface area contributed by atoms with Crippen LogP contribution in [0.25, 0.3) is 21.6 Å². The molecule has 0 bridgehead atoms. The van der Waals surface area contributed by atoms with Gasteiger partial charge in [0.25, 0.3) is 5.91 Å². The highest BCUT2D eigenvalue weighted by atomic mass is 32.2. The number of thiophene rings is 1. The molecule has 32 heavy (non-hydrogen) atoms. The van der Waals surface area contributed by atoms with E-state index in [-0.39, 0.29) is 23.2 Å². The van der Waals surface area contributed by atoms with Crippen LogP contribution in [0.4, 0.5) is 10.1 Å². The van der Waals surface area contributed by atoms with Gasteiger partial charge in [-0.1, -0.05) is 6.07 Å². The van der Waals surface area contributed by atoms with Gasteiger partial charge in [0.15, 0.2) is 15.5 Å². The molecule has 1 N–H and O–H groups in total. The van der Waals surface area contributed by atoms with Crippen molar-refractivity contribution in [2.45, 2.75) is 19.4 Å². The molecule has 10 heteroatoms. The highest BCUT2D eigenvalue weighted by Crippen LogP contribution is 2.33. The third-order valence-electron chi connectivity index (χ3n) is 5.52. The molecule has 1 amide bonds. The van der Waals surface area contributed by atoms with Gasteiger partial charge in [0.1, 0.15) is 17.2 Å². The van der Waals surface area contributed by atoms with Crippen LogP contribution in [0, 0.1) is 12.7 Å². The second-order valence-electron chi connectivity index (χ2n) is 7.75. The molecule has 4 heterocycles. The third kappa shape index (κ3) is 3.80. The van der Waals surface area contributed by atoms with Gasteiger partial charge in [0.05, 0.1) is 33.6 Å². The zero-order valence-corrected chi connectivity index (χ0v) is 18.7. The highest BCUT2D eigenvalue weighted by Gasteiger charge is 2.32. The predicted molar refractivity (Wildman–Crippen MR) is 122 cm³/mol. The molecule has 1 atom stereocenters. The van der Waals surface area contributed by atoms with E-state index in [0.29, 0.717) is 34.7 Å². The van der Waals surface area contributed by atoms with Crippen molar-refractivity contribution in [2.24, 2.45) is 0 Å². The lowest BCUT2D eigenvalue weighted by atomic mass is 10.2. The average molecular weight is 471 g/mol. The molecule has 0 saturated carbocycles. The fraction of sp³-hybridized carbons (Fsp3) is 0.227. The van der Waals surface area contributed by atoms with E-state index in [2.05, 4.69) is 15.3 Å². The molecule has 7 nitrogen and oxygen atoms in total. The molecule has 1 aromatic carbocycles. The van der Waals surface area contributed by atoms with Crippen molar-refractivity contribution < 1.29 is 17.6 Å². The average Bonchev–Trinajstić information content (AvgIpc) is 3.47. The van der Waals surface area contributed by atoms with Gasteiger partial charge < -0.3 is 9.88 Å². The van der Waals surface area contributed by atoms with Gasteiger partial charge in [0.2, 0.25) is 0 Å². The summed E-state index contributed by atoms with van der Waals surface area (Å²) in [5.74, 6) is -0.0548. The maximum Gasteiger partial charge on any atom is 0.276 e. The van der Waals surface area contributed by atoms with E-state index in [1.54, 1.807) is 6.92 Å². The number of nitrogens with one attached hydrogen (secondary N) is 1. The molecule has 0 aliphatic carbocycles. The van der Waals surface area contributed by atoms with Crippen molar-refractivity contribution in [3.05, 3.63) is 65.2 Å². The molecule has 1 aliphatic heterocycles. The number of carbonyl (C=O) groups is 1. The Bertz CT molecular complexity index is 1430. The van der Waals surface area contributed by atoms with Crippen LogP contribution in [0.5, 0.6) is 0 Å². The number of nitrogens with zero attached hydrogens (tertiary/aromatic N) is 3. The van der Waals surface area contributed by atoms with Crippen LogP contribution in [0.3, 0.4) is 0 Å². The summed E-state index contributed by atoms with van der Waals surface area (Å²) >= 11 is 1.49. The van der Waals surface area contributed by atoms with Crippen molar-refractivity contribution in [2.75, 3.05) is 16.8 Å². The van der Waals surface area contributed by atoms with E-state index in [1.165, 1.54) is 35.6 Å². The minimum absolute atomic E-state index is 0.0487. The second kappa shape index (κ2) is 7.79. The summed E-state index contributed by atoms with van der Waals surface area (Å²) < 4.78 is 39.4. The maximum absolute atomic E-state index is 13.2. The summed E-state index contributed by atoms with van der Waals surface area (Å²) in [5.41, 5.74) is 2.27. The van der Waals surface area contributed by atoms with Crippen LogP contribution in [0.15, 0.2) is 47.8 Å². The van der Waals surface area contributed by atoms with E-state index in [9.17, 15) is 17.6 Å². The molecule has 1 fully saturated rings. The number of aryl methyl sites for hydroxylation is 1. The Balaban J connectivity index is 1.65. The largest absolute Gasteiger partial charge is 0.324 e. The van der Waals surface area contributed by atoms with Crippen LogP contribution in [0.1, 0.15) is 28.8 Å². The number of rotatable bonds is 4. The molecule has 0 spiro atoms. The number of imidazole rings is 1. The Morgan fingerprint density at radius 2 is 2.00 bits per heavy atom. The lowest BCUT2D eigenvalue weighted by Gasteiger charge is -2.14. The van der Waals surface area contributed by atoms with Crippen molar-refractivity contribution >= 4 is 43.8 Å². The minimum atomic E-state index is -3.10. The minimum Gasteiger partial charge on any atom is -0.324 e. The topological polar surface area (TPSA) is 93.9 Å². The standard InChI is InChI=1S/C22H19FN4O3S2/c1-13-24-20-18(27(13)16-8-10-32(29,30)12-16)11-17(19-3-2-9-31-19)26-21(20)22(28)25-15-6-4-14(23)5-7-15/h2-7,9,11,16H,8,10,12H2,1H3,(H,25,28). The normalized spacial score (nSPS) is 17.6. The fourth-order valence-corrected chi connectivity index (χ4v) is 6.47. The van der Waals surface area contributed by atoms with Crippen molar-refractivity contribution in [3.63, 3.8) is 0 Å². The molecule has 4 aromatic rings. The van der Waals surface area contributed by atoms with Crippen LogP contribution < -0.4 is 5.32 Å². The van der Waals surface area contributed by atoms with Crippen molar-refractivity contribution in [1.29, 1.82) is 0 Å².